The summed E-state index contributed by atoms with van der Waals surface area (Å²) in [6.07, 6.45) is 3.69. The van der Waals surface area contributed by atoms with Crippen LogP contribution in [0.4, 0.5) is 0 Å². The molecule has 3 heteroatoms. The first-order valence-corrected chi connectivity index (χ1v) is 9.37. The zero-order valence-electron chi connectivity index (χ0n) is 14.8. The first-order chi connectivity index (χ1) is 10.8. The van der Waals surface area contributed by atoms with Gasteiger partial charge in [0, 0.05) is 11.3 Å². The van der Waals surface area contributed by atoms with E-state index >= 15 is 0 Å². The lowest BCUT2D eigenvalue weighted by Crippen LogP contribution is -2.62. The topological polar surface area (TPSA) is 46.5 Å². The Bertz CT molecular complexity index is 565. The maximum Gasteiger partial charge on any atom is 0.171 e. The molecule has 2 saturated carbocycles. The Labute approximate surface area is 139 Å². The van der Waals surface area contributed by atoms with E-state index in [2.05, 4.69) is 27.7 Å². The highest BCUT2D eigenvalue weighted by atomic mass is 16.5. The van der Waals surface area contributed by atoms with Gasteiger partial charge in [0.2, 0.25) is 0 Å². The van der Waals surface area contributed by atoms with E-state index in [-0.39, 0.29) is 11.7 Å². The molecular formula is C20H30O3. The number of carbonyl (C=O) groups is 1. The monoisotopic (exact) mass is 318 g/mol. The van der Waals surface area contributed by atoms with Crippen molar-refractivity contribution in [3.63, 3.8) is 0 Å². The fraction of sp³-hybridized carbons (Fsp3) is 0.850. The fourth-order valence-electron chi connectivity index (χ4n) is 6.08. The summed E-state index contributed by atoms with van der Waals surface area (Å²) in [7, 11) is 0. The molecule has 3 nitrogen and oxygen atoms in total. The van der Waals surface area contributed by atoms with Crippen LogP contribution in [0.3, 0.4) is 0 Å². The van der Waals surface area contributed by atoms with Gasteiger partial charge in [-0.1, -0.05) is 26.3 Å². The summed E-state index contributed by atoms with van der Waals surface area (Å²) in [6.45, 7) is 9.51. The lowest BCUT2D eigenvalue weighted by Gasteiger charge is -2.59. The predicted molar refractivity (Wildman–Crippen MR) is 88.8 cm³/mol. The van der Waals surface area contributed by atoms with Gasteiger partial charge < -0.3 is 9.84 Å². The molecule has 0 spiro atoms. The Morgan fingerprint density at radius 2 is 1.96 bits per heavy atom. The number of aliphatic hydroxyl groups is 1. The molecule has 0 radical (unpaired) electrons. The first kappa shape index (κ1) is 15.8. The van der Waals surface area contributed by atoms with Gasteiger partial charge in [-0.3, -0.25) is 4.79 Å². The minimum Gasteiger partial charge on any atom is -0.381 e. The number of fused-ring (bicyclic) bond motifs is 5. The molecule has 0 aromatic rings. The third kappa shape index (κ3) is 2.05. The second-order valence-corrected chi connectivity index (χ2v) is 8.98. The van der Waals surface area contributed by atoms with Crippen LogP contribution < -0.4 is 0 Å². The van der Waals surface area contributed by atoms with Gasteiger partial charge in [0.1, 0.15) is 6.10 Å². The second-order valence-electron chi connectivity index (χ2n) is 8.98. The van der Waals surface area contributed by atoms with E-state index in [1.54, 1.807) is 0 Å². The van der Waals surface area contributed by atoms with E-state index in [1.165, 1.54) is 12.0 Å². The van der Waals surface area contributed by atoms with Crippen molar-refractivity contribution in [3.8, 4) is 0 Å². The lowest BCUT2D eigenvalue weighted by atomic mass is 9.49. The molecule has 4 rings (SSSR count). The standard InChI is InChI=1S/C20H30O3/c1-10-5-13-7-14(12(10)3)18(21)19(22)20(4)11(2)6-17-15(9-23-17)16(20)8-13/h10-11,13,15-18,21H,5-9H2,1-4H3/t10?,11?,13?,15?,16?,17?,18?,20-/m1/s1. The van der Waals surface area contributed by atoms with Crippen LogP contribution in [-0.4, -0.2) is 29.7 Å². The number of carbonyl (C=O) groups excluding carboxylic acids is 1. The number of Topliss-reactive ketones (excluding diaryl/α,β-unsaturated/α-hetero) is 1. The molecular weight excluding hydrogens is 288 g/mol. The third-order valence-corrected chi connectivity index (χ3v) is 8.01. The van der Waals surface area contributed by atoms with Gasteiger partial charge in [-0.25, -0.2) is 0 Å². The van der Waals surface area contributed by atoms with Crippen molar-refractivity contribution >= 4 is 5.78 Å². The average Bonchev–Trinajstić information content (AvgIpc) is 2.49. The van der Waals surface area contributed by atoms with E-state index in [1.807, 2.05) is 0 Å². The SMILES string of the molecule is CC1=C2CC(CC1C)CC1C3COC3CC(C)[C@@]1(C)C(=O)C2O. The summed E-state index contributed by atoms with van der Waals surface area (Å²) in [6, 6.07) is 0. The van der Waals surface area contributed by atoms with Crippen molar-refractivity contribution < 1.29 is 14.6 Å². The van der Waals surface area contributed by atoms with E-state index < -0.39 is 11.5 Å². The summed E-state index contributed by atoms with van der Waals surface area (Å²) in [5.41, 5.74) is 1.91. The Morgan fingerprint density at radius 3 is 2.61 bits per heavy atom. The Balaban J connectivity index is 1.79. The van der Waals surface area contributed by atoms with Crippen LogP contribution in [0, 0.1) is 35.0 Å². The molecule has 3 aliphatic carbocycles. The number of hydrogen-bond donors (Lipinski definition) is 1. The summed E-state index contributed by atoms with van der Waals surface area (Å²) in [4.78, 5) is 13.4. The molecule has 128 valence electrons. The van der Waals surface area contributed by atoms with E-state index in [0.717, 1.165) is 31.4 Å². The van der Waals surface area contributed by atoms with Crippen LogP contribution in [0.1, 0.15) is 53.4 Å². The second kappa shape index (κ2) is 5.16. The van der Waals surface area contributed by atoms with Crippen molar-refractivity contribution in [2.45, 2.75) is 65.6 Å². The summed E-state index contributed by atoms with van der Waals surface area (Å²) < 4.78 is 5.79. The molecule has 2 bridgehead atoms. The van der Waals surface area contributed by atoms with Crippen molar-refractivity contribution in [1.29, 1.82) is 0 Å². The van der Waals surface area contributed by atoms with E-state index in [9.17, 15) is 9.90 Å². The molecule has 1 N–H and O–H groups in total. The molecule has 1 aliphatic heterocycles. The highest BCUT2D eigenvalue weighted by Gasteiger charge is 2.60. The normalized spacial score (nSPS) is 52.9. The quantitative estimate of drug-likeness (QED) is 0.697. The molecule has 8 atom stereocenters. The molecule has 4 aliphatic rings. The van der Waals surface area contributed by atoms with Crippen LogP contribution in [-0.2, 0) is 9.53 Å². The van der Waals surface area contributed by atoms with Gasteiger partial charge >= 0.3 is 0 Å². The van der Waals surface area contributed by atoms with Crippen LogP contribution in [0.2, 0.25) is 0 Å². The molecule has 1 heterocycles. The first-order valence-electron chi connectivity index (χ1n) is 9.37. The molecule has 0 aromatic carbocycles. The van der Waals surface area contributed by atoms with Gasteiger partial charge in [0.25, 0.3) is 0 Å². The smallest absolute Gasteiger partial charge is 0.171 e. The van der Waals surface area contributed by atoms with E-state index in [4.69, 9.17) is 4.74 Å². The van der Waals surface area contributed by atoms with Crippen molar-refractivity contribution in [1.82, 2.24) is 0 Å². The van der Waals surface area contributed by atoms with Crippen LogP contribution in [0.25, 0.3) is 0 Å². The maximum atomic E-state index is 13.4. The lowest BCUT2D eigenvalue weighted by molar-refractivity contribution is -0.213. The van der Waals surface area contributed by atoms with Crippen molar-refractivity contribution in [3.05, 3.63) is 11.1 Å². The largest absolute Gasteiger partial charge is 0.381 e. The highest BCUT2D eigenvalue weighted by molar-refractivity contribution is 5.92. The van der Waals surface area contributed by atoms with Crippen LogP contribution in [0.5, 0.6) is 0 Å². The number of hydrogen-bond acceptors (Lipinski definition) is 3. The minimum absolute atomic E-state index is 0.0854. The number of aliphatic hydroxyl groups excluding tert-OH is 1. The van der Waals surface area contributed by atoms with Crippen molar-refractivity contribution in [2.75, 3.05) is 6.61 Å². The Kier molecular flexibility index (Phi) is 3.55. The molecule has 0 aromatic heterocycles. The molecule has 23 heavy (non-hydrogen) atoms. The minimum atomic E-state index is -0.881. The van der Waals surface area contributed by atoms with E-state index in [0.29, 0.717) is 29.8 Å². The third-order valence-electron chi connectivity index (χ3n) is 8.01. The molecule has 0 amide bonds. The number of ketones is 1. The van der Waals surface area contributed by atoms with Crippen molar-refractivity contribution in [2.24, 2.45) is 35.0 Å². The number of ether oxygens (including phenoxy) is 1. The fourth-order valence-corrected chi connectivity index (χ4v) is 6.08. The van der Waals surface area contributed by atoms with Gasteiger partial charge in [0.15, 0.2) is 5.78 Å². The summed E-state index contributed by atoms with van der Waals surface area (Å²) in [5.74, 6) is 2.38. The van der Waals surface area contributed by atoms with Gasteiger partial charge in [-0.05, 0) is 61.9 Å². The Morgan fingerprint density at radius 1 is 1.22 bits per heavy atom. The van der Waals surface area contributed by atoms with Gasteiger partial charge in [-0.2, -0.15) is 0 Å². The summed E-state index contributed by atoms with van der Waals surface area (Å²) in [5, 5.41) is 10.9. The summed E-state index contributed by atoms with van der Waals surface area (Å²) >= 11 is 0. The Hall–Kier alpha value is -0.670. The number of rotatable bonds is 0. The average molecular weight is 318 g/mol. The van der Waals surface area contributed by atoms with Crippen LogP contribution >= 0.6 is 0 Å². The van der Waals surface area contributed by atoms with Gasteiger partial charge in [0.05, 0.1) is 12.7 Å². The number of allylic oxidation sites excluding steroid dienone is 1. The molecule has 3 fully saturated rings. The molecule has 7 unspecified atom stereocenters. The predicted octanol–water partition coefficient (Wildman–Crippen LogP) is 3.36. The zero-order chi connectivity index (χ0) is 16.5. The highest BCUT2D eigenvalue weighted by Crippen LogP contribution is 2.58. The van der Waals surface area contributed by atoms with Gasteiger partial charge in [-0.15, -0.1) is 0 Å². The van der Waals surface area contributed by atoms with Crippen LogP contribution in [0.15, 0.2) is 11.1 Å². The maximum absolute atomic E-state index is 13.4. The zero-order valence-corrected chi connectivity index (χ0v) is 14.8. The molecule has 1 saturated heterocycles.